The highest BCUT2D eigenvalue weighted by Gasteiger charge is 2.40. The lowest BCUT2D eigenvalue weighted by Crippen LogP contribution is -2.56. The van der Waals surface area contributed by atoms with Crippen LogP contribution in [0.25, 0.3) is 0 Å². The fourth-order valence-corrected chi connectivity index (χ4v) is 5.16. The predicted molar refractivity (Wildman–Crippen MR) is 173 cm³/mol. The highest BCUT2D eigenvalue weighted by Crippen LogP contribution is 2.35. The van der Waals surface area contributed by atoms with Gasteiger partial charge in [-0.25, -0.2) is 4.79 Å². The largest absolute Gasteiger partial charge is 0.508 e. The summed E-state index contributed by atoms with van der Waals surface area (Å²) in [6.07, 6.45) is 2.34. The van der Waals surface area contributed by atoms with Gasteiger partial charge < -0.3 is 30.5 Å². The van der Waals surface area contributed by atoms with Gasteiger partial charge >= 0.3 is 6.09 Å². The lowest BCUT2D eigenvalue weighted by Gasteiger charge is -2.39. The molecular weight excluding hydrogens is 558 g/mol. The smallest absolute Gasteiger partial charge is 0.408 e. The molecule has 0 saturated carbocycles. The summed E-state index contributed by atoms with van der Waals surface area (Å²) in [4.78, 5) is 43.5. The molecule has 0 saturated heterocycles. The number of aryl methyl sites for hydroxylation is 1. The lowest BCUT2D eigenvalue weighted by atomic mass is 9.94. The minimum Gasteiger partial charge on any atom is -0.508 e. The summed E-state index contributed by atoms with van der Waals surface area (Å²) in [5.41, 5.74) is 0.794. The summed E-state index contributed by atoms with van der Waals surface area (Å²) in [6.45, 7) is 17.0. The minimum atomic E-state index is -1.16. The zero-order valence-electron chi connectivity index (χ0n) is 27.9. The first-order chi connectivity index (χ1) is 20.5. The third-order valence-corrected chi connectivity index (χ3v) is 7.46. The first kappa shape index (κ1) is 36.4. The van der Waals surface area contributed by atoms with Gasteiger partial charge in [0.1, 0.15) is 29.2 Å². The topological polar surface area (TPSA) is 128 Å². The lowest BCUT2D eigenvalue weighted by molar-refractivity contribution is -0.145. The summed E-state index contributed by atoms with van der Waals surface area (Å²) in [7, 11) is 0. The normalized spacial score (nSPS) is 14.3. The van der Waals surface area contributed by atoms with Crippen molar-refractivity contribution in [2.45, 2.75) is 124 Å². The number of phenolic OH excluding ortho intramolecular Hbond substituents is 2. The van der Waals surface area contributed by atoms with Crippen molar-refractivity contribution in [3.05, 3.63) is 59.2 Å². The van der Waals surface area contributed by atoms with E-state index >= 15 is 0 Å². The molecule has 0 heterocycles. The first-order valence-corrected chi connectivity index (χ1v) is 15.7. The van der Waals surface area contributed by atoms with Crippen LogP contribution in [0.2, 0.25) is 0 Å². The molecule has 9 heteroatoms. The van der Waals surface area contributed by atoms with Crippen molar-refractivity contribution in [1.82, 2.24) is 15.5 Å². The maximum atomic E-state index is 14.8. The maximum absolute atomic E-state index is 14.8. The van der Waals surface area contributed by atoms with Gasteiger partial charge in [0, 0.05) is 24.1 Å². The molecule has 0 aliphatic rings. The van der Waals surface area contributed by atoms with Crippen molar-refractivity contribution in [3.63, 3.8) is 0 Å². The van der Waals surface area contributed by atoms with E-state index in [0.29, 0.717) is 29.0 Å². The predicted octanol–water partition coefficient (Wildman–Crippen LogP) is 6.54. The molecule has 0 fully saturated rings. The Morgan fingerprint density at radius 2 is 1.55 bits per heavy atom. The maximum Gasteiger partial charge on any atom is 0.408 e. The number of alkyl carbamates (subject to hydrolysis) is 1. The fourth-order valence-electron chi connectivity index (χ4n) is 5.16. The Kier molecular flexibility index (Phi) is 13.5. The Hall–Kier alpha value is -3.75. The fraction of sp³-hybridized carbons (Fsp3) is 0.571. The van der Waals surface area contributed by atoms with Crippen LogP contribution in [0.5, 0.6) is 11.5 Å². The van der Waals surface area contributed by atoms with Crippen molar-refractivity contribution >= 4 is 17.9 Å². The number of aromatic hydroxyl groups is 2. The van der Waals surface area contributed by atoms with Crippen molar-refractivity contribution in [3.8, 4) is 11.5 Å². The number of phenols is 2. The molecule has 2 rings (SSSR count). The second-order valence-electron chi connectivity index (χ2n) is 13.2. The number of carbonyl (C=O) groups excluding carboxylic acids is 3. The molecule has 0 aliphatic carbocycles. The molecule has 44 heavy (non-hydrogen) atoms. The van der Waals surface area contributed by atoms with Gasteiger partial charge in [-0.05, 0) is 90.0 Å². The average molecular weight is 612 g/mol. The van der Waals surface area contributed by atoms with Crippen LogP contribution >= 0.6 is 0 Å². The Bertz CT molecular complexity index is 1240. The Labute approximate surface area is 263 Å². The van der Waals surface area contributed by atoms with Crippen LogP contribution in [0, 0.1) is 12.8 Å². The summed E-state index contributed by atoms with van der Waals surface area (Å²) in [5.74, 6) is -0.513. The number of hydrogen-bond donors (Lipinski definition) is 4. The van der Waals surface area contributed by atoms with E-state index in [0.717, 1.165) is 19.3 Å². The average Bonchev–Trinajstić information content (AvgIpc) is 2.91. The molecule has 0 radical (unpaired) electrons. The SMILES string of the molecule is CCCC(C)NC(=O)C(c1cccc(C)c1O)N(C(=O)C(Cc1ccc(O)cc1)NC(=O)OC(C)(C)C)C(C)CCC(C)C. The molecule has 0 aromatic heterocycles. The van der Waals surface area contributed by atoms with Gasteiger partial charge in [0.25, 0.3) is 0 Å². The van der Waals surface area contributed by atoms with E-state index in [1.165, 1.54) is 17.0 Å². The third kappa shape index (κ3) is 11.1. The number of benzene rings is 2. The number of para-hydroxylation sites is 1. The highest BCUT2D eigenvalue weighted by atomic mass is 16.6. The van der Waals surface area contributed by atoms with Gasteiger partial charge in [-0.3, -0.25) is 9.59 Å². The van der Waals surface area contributed by atoms with Crippen LogP contribution in [0.4, 0.5) is 4.79 Å². The van der Waals surface area contributed by atoms with Crippen molar-refractivity contribution in [1.29, 1.82) is 0 Å². The van der Waals surface area contributed by atoms with E-state index in [1.807, 2.05) is 20.8 Å². The summed E-state index contributed by atoms with van der Waals surface area (Å²) < 4.78 is 5.52. The summed E-state index contributed by atoms with van der Waals surface area (Å²) >= 11 is 0. The Balaban J connectivity index is 2.72. The molecule has 0 bridgehead atoms. The highest BCUT2D eigenvalue weighted by molar-refractivity contribution is 5.93. The summed E-state index contributed by atoms with van der Waals surface area (Å²) in [6, 6.07) is 8.73. The van der Waals surface area contributed by atoms with Crippen molar-refractivity contribution < 1.29 is 29.3 Å². The Morgan fingerprint density at radius 3 is 2.11 bits per heavy atom. The number of nitrogens with zero attached hydrogens (tertiary/aromatic N) is 1. The standard InChI is InChI=1S/C35H53N3O6/c1-10-12-24(5)36-32(41)30(28-14-11-13-23(4)31(28)40)38(25(6)16-15-22(2)3)33(42)29(37-34(43)44-35(7,8)9)21-26-17-19-27(39)20-18-26/h11,13-14,17-20,22,24-25,29-30,39-40H,10,12,15-16,21H2,1-9H3,(H,36,41)(H,37,43). The van der Waals surface area contributed by atoms with Crippen molar-refractivity contribution in [2.75, 3.05) is 0 Å². The number of amides is 3. The van der Waals surface area contributed by atoms with Gasteiger partial charge in [-0.2, -0.15) is 0 Å². The van der Waals surface area contributed by atoms with Crippen LogP contribution in [0.15, 0.2) is 42.5 Å². The number of rotatable bonds is 14. The zero-order chi connectivity index (χ0) is 33.2. The van der Waals surface area contributed by atoms with E-state index in [4.69, 9.17) is 4.74 Å². The van der Waals surface area contributed by atoms with Crippen LogP contribution < -0.4 is 10.6 Å². The van der Waals surface area contributed by atoms with Gasteiger partial charge in [-0.15, -0.1) is 0 Å². The molecule has 0 spiro atoms. The molecule has 0 aliphatic heterocycles. The molecule has 2 aromatic carbocycles. The molecular formula is C35H53N3O6. The van der Waals surface area contributed by atoms with Gasteiger partial charge in [0.15, 0.2) is 0 Å². The Morgan fingerprint density at radius 1 is 0.909 bits per heavy atom. The third-order valence-electron chi connectivity index (χ3n) is 7.46. The zero-order valence-corrected chi connectivity index (χ0v) is 27.9. The van der Waals surface area contributed by atoms with E-state index in [2.05, 4.69) is 24.5 Å². The molecule has 4 unspecified atom stereocenters. The second kappa shape index (κ2) is 16.4. The van der Waals surface area contributed by atoms with Gasteiger partial charge in [-0.1, -0.05) is 57.5 Å². The minimum absolute atomic E-state index is 0.0557. The molecule has 4 atom stereocenters. The van der Waals surface area contributed by atoms with Crippen LogP contribution in [-0.2, 0) is 20.7 Å². The monoisotopic (exact) mass is 611 g/mol. The molecule has 2 aromatic rings. The number of ether oxygens (including phenoxy) is 1. The second-order valence-corrected chi connectivity index (χ2v) is 13.2. The first-order valence-electron chi connectivity index (χ1n) is 15.7. The molecule has 4 N–H and O–H groups in total. The number of nitrogens with one attached hydrogen (secondary N) is 2. The number of hydrogen-bond acceptors (Lipinski definition) is 6. The molecule has 244 valence electrons. The van der Waals surface area contributed by atoms with Crippen molar-refractivity contribution in [2.24, 2.45) is 5.92 Å². The van der Waals surface area contributed by atoms with Crippen LogP contribution in [-0.4, -0.2) is 56.7 Å². The van der Waals surface area contributed by atoms with E-state index < -0.39 is 41.6 Å². The van der Waals surface area contributed by atoms with Crippen LogP contribution in [0.3, 0.4) is 0 Å². The van der Waals surface area contributed by atoms with E-state index in [1.54, 1.807) is 58.0 Å². The van der Waals surface area contributed by atoms with E-state index in [-0.39, 0.29) is 24.0 Å². The van der Waals surface area contributed by atoms with Crippen LogP contribution in [0.1, 0.15) is 104 Å². The van der Waals surface area contributed by atoms with E-state index in [9.17, 15) is 24.6 Å². The van der Waals surface area contributed by atoms with Gasteiger partial charge in [0.05, 0.1) is 0 Å². The molecule has 9 nitrogen and oxygen atoms in total. The molecule has 3 amide bonds. The quantitative estimate of drug-likeness (QED) is 0.192. The summed E-state index contributed by atoms with van der Waals surface area (Å²) in [5, 5.41) is 26.9. The number of carbonyl (C=O) groups is 3. The van der Waals surface area contributed by atoms with Gasteiger partial charge in [0.2, 0.25) is 11.8 Å².